The summed E-state index contributed by atoms with van der Waals surface area (Å²) >= 11 is 6.34. The molecule has 1 aliphatic heterocycles. The summed E-state index contributed by atoms with van der Waals surface area (Å²) in [6.45, 7) is 1.97. The molecule has 4 aliphatic carbocycles. The maximum atomic E-state index is 13.6. The molecule has 6 atom stereocenters. The van der Waals surface area contributed by atoms with Gasteiger partial charge < -0.3 is 0 Å². The van der Waals surface area contributed by atoms with Crippen molar-refractivity contribution >= 4 is 35.0 Å². The number of halogens is 1. The van der Waals surface area contributed by atoms with Crippen molar-refractivity contribution in [2.45, 2.75) is 19.8 Å². The Balaban J connectivity index is 1.35. The van der Waals surface area contributed by atoms with E-state index in [1.807, 2.05) is 24.3 Å². The van der Waals surface area contributed by atoms with E-state index in [9.17, 15) is 14.4 Å². The normalized spacial score (nSPS) is 30.9. The van der Waals surface area contributed by atoms with Gasteiger partial charge >= 0.3 is 0 Å². The highest BCUT2D eigenvalue weighted by Crippen LogP contribution is 2.65. The van der Waals surface area contributed by atoms with E-state index in [0.29, 0.717) is 28.1 Å². The van der Waals surface area contributed by atoms with Crippen LogP contribution in [0.2, 0.25) is 5.02 Å². The Bertz CT molecular complexity index is 1150. The van der Waals surface area contributed by atoms with E-state index in [1.165, 1.54) is 9.80 Å². The fourth-order valence-electron chi connectivity index (χ4n) is 6.25. The Morgan fingerprint density at radius 1 is 0.970 bits per heavy atom. The topological polar surface area (TPSA) is 57.7 Å². The van der Waals surface area contributed by atoms with Crippen LogP contribution in [0.4, 0.5) is 5.69 Å². The first-order valence-corrected chi connectivity index (χ1v) is 12.1. The van der Waals surface area contributed by atoms with Crippen molar-refractivity contribution in [3.8, 4) is 0 Å². The Kier molecular flexibility index (Phi) is 4.73. The number of likely N-dealkylation sites (tertiary alicyclic amines) is 1. The van der Waals surface area contributed by atoms with Gasteiger partial charge in [-0.2, -0.15) is 0 Å². The number of hydrogen-bond acceptors (Lipinski definition) is 3. The third kappa shape index (κ3) is 3.09. The number of anilines is 1. The molecule has 0 unspecified atom stereocenters. The minimum Gasteiger partial charge on any atom is -0.290 e. The number of carbonyl (C=O) groups is 3. The number of carbonyl (C=O) groups excluding carboxylic acids is 3. The quantitative estimate of drug-likeness (QED) is 0.485. The summed E-state index contributed by atoms with van der Waals surface area (Å²) in [7, 11) is 0. The zero-order valence-electron chi connectivity index (χ0n) is 18.4. The molecule has 0 spiro atoms. The lowest BCUT2D eigenvalue weighted by Gasteiger charge is -2.37. The van der Waals surface area contributed by atoms with E-state index in [2.05, 4.69) is 19.1 Å². The van der Waals surface area contributed by atoms with Gasteiger partial charge in [0, 0.05) is 5.69 Å². The third-order valence-electron chi connectivity index (χ3n) is 8.04. The number of allylic oxidation sites excluding steroid dienone is 2. The largest absolute Gasteiger partial charge is 0.290 e. The van der Waals surface area contributed by atoms with E-state index in [1.54, 1.807) is 24.3 Å². The number of amides is 3. The van der Waals surface area contributed by atoms with Gasteiger partial charge in [-0.25, -0.2) is 0 Å². The number of rotatable bonds is 5. The van der Waals surface area contributed by atoms with Gasteiger partial charge in [0.2, 0.25) is 11.8 Å². The van der Waals surface area contributed by atoms with Crippen molar-refractivity contribution in [3.05, 3.63) is 76.8 Å². The number of aryl methyl sites for hydroxylation is 1. The predicted molar refractivity (Wildman–Crippen MR) is 125 cm³/mol. The maximum Gasteiger partial charge on any atom is 0.261 e. The van der Waals surface area contributed by atoms with Crippen LogP contribution in [0.25, 0.3) is 0 Å². The van der Waals surface area contributed by atoms with Crippen molar-refractivity contribution in [2.75, 3.05) is 11.6 Å². The molecule has 5 nitrogen and oxygen atoms in total. The fraction of sp³-hybridized carbons (Fsp3) is 0.370. The van der Waals surface area contributed by atoms with Crippen molar-refractivity contribution in [1.29, 1.82) is 0 Å². The molecular weight excluding hydrogens is 436 g/mol. The second-order valence-corrected chi connectivity index (χ2v) is 10.0. The summed E-state index contributed by atoms with van der Waals surface area (Å²) < 4.78 is 0. The van der Waals surface area contributed by atoms with Gasteiger partial charge in [0.05, 0.1) is 22.4 Å². The summed E-state index contributed by atoms with van der Waals surface area (Å²) in [5.74, 6) is 0.219. The highest BCUT2D eigenvalue weighted by Gasteiger charge is 2.67. The van der Waals surface area contributed by atoms with Gasteiger partial charge in [-0.05, 0) is 66.3 Å². The Morgan fingerprint density at radius 3 is 2.15 bits per heavy atom. The lowest BCUT2D eigenvalue weighted by atomic mass is 9.63. The standard InChI is InChI=1S/C27H25ClN2O3/c1-2-15-7-9-16(10-8-15)29(25(31)19-5-3-4-6-22(19)28)14-30-26(32)23-17-11-12-18(21-13-20(17)21)24(23)27(30)33/h3-12,17-18,20-21,23-24H,2,13-14H2,1H3/t17-,18-,20-,21+,23-,24-/m1/s1. The van der Waals surface area contributed by atoms with E-state index in [-0.39, 0.29) is 48.1 Å². The average Bonchev–Trinajstić information content (AvgIpc) is 3.62. The van der Waals surface area contributed by atoms with Crippen LogP contribution in [-0.4, -0.2) is 29.3 Å². The van der Waals surface area contributed by atoms with Gasteiger partial charge in [0.1, 0.15) is 6.67 Å². The number of hydrogen-bond donors (Lipinski definition) is 0. The Morgan fingerprint density at radius 2 is 1.58 bits per heavy atom. The fourth-order valence-corrected chi connectivity index (χ4v) is 6.47. The highest BCUT2D eigenvalue weighted by atomic mass is 35.5. The van der Waals surface area contributed by atoms with E-state index in [4.69, 9.17) is 11.6 Å². The monoisotopic (exact) mass is 460 g/mol. The van der Waals surface area contributed by atoms with Crippen molar-refractivity contribution in [2.24, 2.45) is 35.5 Å². The first-order chi connectivity index (χ1) is 16.0. The Labute approximate surface area is 198 Å². The molecule has 3 fully saturated rings. The van der Waals surface area contributed by atoms with Gasteiger partial charge in [0.25, 0.3) is 5.91 Å². The summed E-state index contributed by atoms with van der Waals surface area (Å²) in [4.78, 5) is 43.4. The molecule has 6 heteroatoms. The summed E-state index contributed by atoms with van der Waals surface area (Å²) in [5.41, 5.74) is 2.12. The number of nitrogens with zero attached hydrogens (tertiary/aromatic N) is 2. The smallest absolute Gasteiger partial charge is 0.261 e. The minimum atomic E-state index is -0.329. The lowest BCUT2D eigenvalue weighted by Crippen LogP contribution is -2.45. The van der Waals surface area contributed by atoms with Crippen molar-refractivity contribution in [3.63, 3.8) is 0 Å². The molecular formula is C27H25ClN2O3. The number of imide groups is 1. The molecule has 0 aromatic heterocycles. The van der Waals surface area contributed by atoms with Gasteiger partial charge in [-0.1, -0.05) is 54.9 Å². The second-order valence-electron chi connectivity index (χ2n) is 9.63. The van der Waals surface area contributed by atoms with Gasteiger partial charge in [-0.15, -0.1) is 0 Å². The van der Waals surface area contributed by atoms with E-state index < -0.39 is 0 Å². The van der Waals surface area contributed by atoms with Crippen molar-refractivity contribution in [1.82, 2.24) is 4.90 Å². The molecule has 168 valence electrons. The van der Waals surface area contributed by atoms with Crippen LogP contribution in [0.5, 0.6) is 0 Å². The van der Waals surface area contributed by atoms with E-state index in [0.717, 1.165) is 18.4 Å². The van der Waals surface area contributed by atoms with Crippen LogP contribution in [0, 0.1) is 35.5 Å². The first-order valence-electron chi connectivity index (χ1n) is 11.7. The van der Waals surface area contributed by atoms with Crippen LogP contribution < -0.4 is 4.90 Å². The molecule has 5 aliphatic rings. The van der Waals surface area contributed by atoms with Crippen LogP contribution >= 0.6 is 11.6 Å². The molecule has 7 rings (SSSR count). The van der Waals surface area contributed by atoms with Gasteiger partial charge in [0.15, 0.2) is 0 Å². The zero-order chi connectivity index (χ0) is 22.9. The first kappa shape index (κ1) is 20.7. The van der Waals surface area contributed by atoms with E-state index >= 15 is 0 Å². The molecule has 2 aromatic carbocycles. The molecule has 3 amide bonds. The molecule has 2 aromatic rings. The van der Waals surface area contributed by atoms with Crippen molar-refractivity contribution < 1.29 is 14.4 Å². The summed E-state index contributed by atoms with van der Waals surface area (Å²) in [6.07, 6.45) is 6.32. The molecule has 0 N–H and O–H groups in total. The summed E-state index contributed by atoms with van der Waals surface area (Å²) in [5, 5.41) is 0.341. The lowest BCUT2D eigenvalue weighted by molar-refractivity contribution is -0.140. The molecule has 1 heterocycles. The minimum absolute atomic E-state index is 0.102. The zero-order valence-corrected chi connectivity index (χ0v) is 19.1. The van der Waals surface area contributed by atoms with Gasteiger partial charge in [-0.3, -0.25) is 24.2 Å². The predicted octanol–water partition coefficient (Wildman–Crippen LogP) is 4.56. The Hall–Kier alpha value is -2.92. The molecule has 0 radical (unpaired) electrons. The SMILES string of the molecule is CCc1ccc(N(CN2C(=O)[C@@H]3[C@@H]4C=C[C@H]([C@@H]5C[C@H]45)[C@H]3C2=O)C(=O)c2ccccc2Cl)cc1. The third-order valence-corrected chi connectivity index (χ3v) is 8.37. The maximum absolute atomic E-state index is 13.6. The summed E-state index contributed by atoms with van der Waals surface area (Å²) in [6, 6.07) is 14.5. The van der Waals surface area contributed by atoms with Crippen LogP contribution in [0.15, 0.2) is 60.7 Å². The van der Waals surface area contributed by atoms with Crippen LogP contribution in [0.3, 0.4) is 0 Å². The van der Waals surface area contributed by atoms with Crippen LogP contribution in [0.1, 0.15) is 29.3 Å². The molecule has 1 saturated heterocycles. The second kappa shape index (κ2) is 7.56. The molecule has 33 heavy (non-hydrogen) atoms. The highest BCUT2D eigenvalue weighted by molar-refractivity contribution is 6.34. The number of benzene rings is 2. The van der Waals surface area contributed by atoms with Crippen LogP contribution in [-0.2, 0) is 16.0 Å². The molecule has 2 bridgehead atoms. The average molecular weight is 461 g/mol. The molecule has 2 saturated carbocycles.